The Kier molecular flexibility index (Phi) is 6.13. The average molecular weight is 294 g/mol. The van der Waals surface area contributed by atoms with E-state index in [2.05, 4.69) is 0 Å². The Morgan fingerprint density at radius 1 is 0.850 bits per heavy atom. The lowest BCUT2D eigenvalue weighted by Gasteiger charge is -2.13. The van der Waals surface area contributed by atoms with Gasteiger partial charge in [0.15, 0.2) is 0 Å². The van der Waals surface area contributed by atoms with Crippen molar-refractivity contribution in [3.63, 3.8) is 0 Å². The summed E-state index contributed by atoms with van der Waals surface area (Å²) < 4.78 is 21.5. The van der Waals surface area contributed by atoms with E-state index in [0.717, 1.165) is 0 Å². The molecule has 0 bridgehead atoms. The standard InChI is InChI=1S/C12H11O4P.H2N3/c13-17(14,15-11-7-3-1-4-8-11)16-12-9-5-2-6-10-12;1-3-2/h1-10H,(H,13,14);1-2H/q;+1. The smallest absolute Gasteiger partial charge is 0.395 e. The maximum absolute atomic E-state index is 11.7. The van der Waals surface area contributed by atoms with E-state index in [-0.39, 0.29) is 11.5 Å². The predicted molar refractivity (Wildman–Crippen MR) is 71.5 cm³/mol. The monoisotopic (exact) mass is 294 g/mol. The van der Waals surface area contributed by atoms with Crippen LogP contribution in [0.5, 0.6) is 11.5 Å². The van der Waals surface area contributed by atoms with Crippen LogP contribution in [0.2, 0.25) is 0 Å². The maximum atomic E-state index is 11.7. The van der Waals surface area contributed by atoms with Gasteiger partial charge < -0.3 is 9.05 Å². The molecule has 0 aliphatic heterocycles. The van der Waals surface area contributed by atoms with Crippen molar-refractivity contribution < 1.29 is 18.5 Å². The first-order valence-corrected chi connectivity index (χ1v) is 6.92. The van der Waals surface area contributed by atoms with Gasteiger partial charge in [-0.05, 0) is 24.3 Å². The van der Waals surface area contributed by atoms with Gasteiger partial charge in [0.2, 0.25) is 4.91 Å². The van der Waals surface area contributed by atoms with Crippen LogP contribution in [0.15, 0.2) is 60.7 Å². The summed E-state index contributed by atoms with van der Waals surface area (Å²) in [7, 11) is -4.14. The van der Waals surface area contributed by atoms with Crippen LogP contribution < -0.4 is 14.0 Å². The number of rotatable bonds is 4. The van der Waals surface area contributed by atoms with Crippen molar-refractivity contribution in [2.75, 3.05) is 0 Å². The number of benzene rings is 2. The SMILES string of the molecule is N=[N+]=N.O=P(O)(Oc1ccccc1)Oc1ccccc1. The zero-order valence-corrected chi connectivity index (χ0v) is 11.2. The molecule has 7 nitrogen and oxygen atoms in total. The Morgan fingerprint density at radius 2 is 1.15 bits per heavy atom. The molecular weight excluding hydrogens is 281 g/mol. The van der Waals surface area contributed by atoms with Gasteiger partial charge in [0.1, 0.15) is 22.6 Å². The molecule has 0 unspecified atom stereocenters. The molecule has 0 spiro atoms. The summed E-state index contributed by atoms with van der Waals surface area (Å²) >= 11 is 0. The van der Waals surface area contributed by atoms with Crippen LogP contribution in [-0.4, -0.2) is 4.89 Å². The fourth-order valence-electron chi connectivity index (χ4n) is 1.25. The summed E-state index contributed by atoms with van der Waals surface area (Å²) in [6, 6.07) is 16.7. The molecule has 0 saturated carbocycles. The minimum atomic E-state index is -4.14. The Bertz CT molecular complexity index is 555. The second-order valence-electron chi connectivity index (χ2n) is 3.39. The number of para-hydroxylation sites is 2. The van der Waals surface area contributed by atoms with Crippen LogP contribution in [0.25, 0.3) is 0 Å². The molecule has 20 heavy (non-hydrogen) atoms. The number of nitrogens with zero attached hydrogens (tertiary/aromatic N) is 1. The molecule has 0 fully saturated rings. The second-order valence-corrected chi connectivity index (χ2v) is 4.69. The highest BCUT2D eigenvalue weighted by Gasteiger charge is 2.24. The minimum absolute atomic E-state index is 0.286. The van der Waals surface area contributed by atoms with E-state index in [0.29, 0.717) is 0 Å². The molecule has 2 aromatic rings. The van der Waals surface area contributed by atoms with E-state index in [1.165, 1.54) is 0 Å². The van der Waals surface area contributed by atoms with Gasteiger partial charge in [0.05, 0.1) is 0 Å². The molecule has 0 radical (unpaired) electrons. The zero-order valence-electron chi connectivity index (χ0n) is 10.3. The minimum Gasteiger partial charge on any atom is -0.395 e. The molecule has 104 valence electrons. The van der Waals surface area contributed by atoms with Crippen LogP contribution in [-0.2, 0) is 4.57 Å². The van der Waals surface area contributed by atoms with Crippen LogP contribution in [0.3, 0.4) is 0 Å². The Labute approximate surface area is 115 Å². The van der Waals surface area contributed by atoms with Gasteiger partial charge >= 0.3 is 7.82 Å². The van der Waals surface area contributed by atoms with Crippen molar-refractivity contribution in [1.29, 1.82) is 11.1 Å². The zero-order chi connectivity index (χ0) is 14.8. The highest BCUT2D eigenvalue weighted by atomic mass is 31.2. The Morgan fingerprint density at radius 3 is 1.45 bits per heavy atom. The van der Waals surface area contributed by atoms with Crippen molar-refractivity contribution in [2.45, 2.75) is 0 Å². The molecule has 0 aliphatic rings. The molecule has 0 amide bonds. The van der Waals surface area contributed by atoms with Gasteiger partial charge in [-0.1, -0.05) is 36.4 Å². The topological polar surface area (TPSA) is 118 Å². The van der Waals surface area contributed by atoms with E-state index in [1.807, 2.05) is 4.91 Å². The number of phosphoric acid groups is 1. The Balaban J connectivity index is 0.000000612. The number of phosphoric ester groups is 1. The first-order chi connectivity index (χ1) is 9.57. The molecule has 0 atom stereocenters. The summed E-state index contributed by atoms with van der Waals surface area (Å²) in [5, 5.41) is 0. The van der Waals surface area contributed by atoms with E-state index in [9.17, 15) is 9.46 Å². The summed E-state index contributed by atoms with van der Waals surface area (Å²) in [6.07, 6.45) is 0. The van der Waals surface area contributed by atoms with Crippen LogP contribution >= 0.6 is 7.82 Å². The van der Waals surface area contributed by atoms with Gasteiger partial charge in [-0.3, -0.25) is 4.89 Å². The van der Waals surface area contributed by atoms with Gasteiger partial charge in [-0.15, -0.1) is 0 Å². The average Bonchev–Trinajstić information content (AvgIpc) is 2.40. The third-order valence-electron chi connectivity index (χ3n) is 1.93. The largest absolute Gasteiger partial charge is 0.584 e. The lowest BCUT2D eigenvalue weighted by atomic mass is 10.3. The second kappa shape index (κ2) is 7.86. The third kappa shape index (κ3) is 5.93. The number of nitrogens with one attached hydrogen (secondary N) is 2. The maximum Gasteiger partial charge on any atom is 0.584 e. The highest BCUT2D eigenvalue weighted by molar-refractivity contribution is 7.48. The molecule has 2 aromatic carbocycles. The van der Waals surface area contributed by atoms with E-state index >= 15 is 0 Å². The molecule has 0 aromatic heterocycles. The summed E-state index contributed by atoms with van der Waals surface area (Å²) in [6.45, 7) is 0. The van der Waals surface area contributed by atoms with Crippen LogP contribution in [0.1, 0.15) is 0 Å². The van der Waals surface area contributed by atoms with E-state index in [1.54, 1.807) is 60.7 Å². The fourth-order valence-corrected chi connectivity index (χ4v) is 2.06. The molecule has 0 saturated heterocycles. The van der Waals surface area contributed by atoms with E-state index < -0.39 is 7.82 Å². The van der Waals surface area contributed by atoms with Crippen molar-refractivity contribution in [3.8, 4) is 11.5 Å². The van der Waals surface area contributed by atoms with Crippen molar-refractivity contribution in [1.82, 2.24) is 4.91 Å². The molecule has 3 N–H and O–H groups in total. The molecule has 0 aliphatic carbocycles. The first kappa shape index (κ1) is 15.6. The number of hydrogen-bond acceptors (Lipinski definition) is 5. The van der Waals surface area contributed by atoms with Crippen LogP contribution in [0.4, 0.5) is 0 Å². The lowest BCUT2D eigenvalue weighted by molar-refractivity contribution is 0.291. The molecule has 2 rings (SSSR count). The fraction of sp³-hybridized carbons (Fsp3) is 0. The van der Waals surface area contributed by atoms with Crippen molar-refractivity contribution in [2.24, 2.45) is 0 Å². The summed E-state index contributed by atoms with van der Waals surface area (Å²) in [5.41, 5.74) is 11.0. The van der Waals surface area contributed by atoms with Crippen molar-refractivity contribution >= 4 is 7.82 Å². The summed E-state index contributed by atoms with van der Waals surface area (Å²) in [5.74, 6) is 0.573. The lowest BCUT2D eigenvalue weighted by Crippen LogP contribution is -1.99. The molecule has 0 heterocycles. The molecular formula is C12H13N3O4P+. The quantitative estimate of drug-likeness (QED) is 0.455. The van der Waals surface area contributed by atoms with Crippen molar-refractivity contribution in [3.05, 3.63) is 60.7 Å². The summed E-state index contributed by atoms with van der Waals surface area (Å²) in [4.78, 5) is 11.5. The highest BCUT2D eigenvalue weighted by Crippen LogP contribution is 2.43. The first-order valence-electron chi connectivity index (χ1n) is 5.42. The van der Waals surface area contributed by atoms with Crippen LogP contribution in [0, 0.1) is 11.1 Å². The predicted octanol–water partition coefficient (Wildman–Crippen LogP) is 3.36. The van der Waals surface area contributed by atoms with Gasteiger partial charge in [0.25, 0.3) is 0 Å². The van der Waals surface area contributed by atoms with Gasteiger partial charge in [0, 0.05) is 0 Å². The Hall–Kier alpha value is -2.46. The number of hydrogen-bond donors (Lipinski definition) is 3. The van der Waals surface area contributed by atoms with Gasteiger partial charge in [-0.25, -0.2) is 4.57 Å². The molecule has 8 heteroatoms. The van der Waals surface area contributed by atoms with Gasteiger partial charge in [-0.2, -0.15) is 0 Å². The normalized spacial score (nSPS) is 9.65. The third-order valence-corrected chi connectivity index (χ3v) is 2.81. The van der Waals surface area contributed by atoms with E-state index in [4.69, 9.17) is 20.1 Å².